The van der Waals surface area contributed by atoms with Gasteiger partial charge in [0.1, 0.15) is 0 Å². The number of rotatable bonds is 2. The molecule has 0 bridgehead atoms. The number of aryl methyl sites for hydroxylation is 1. The minimum atomic E-state index is 0.759. The molecule has 0 unspecified atom stereocenters. The van der Waals surface area contributed by atoms with Crippen molar-refractivity contribution < 1.29 is 0 Å². The van der Waals surface area contributed by atoms with Crippen LogP contribution in [-0.4, -0.2) is 0 Å². The zero-order valence-corrected chi connectivity index (χ0v) is 9.18. The Morgan fingerprint density at radius 1 is 1.13 bits per heavy atom. The highest BCUT2D eigenvalue weighted by molar-refractivity contribution is 6.34. The second-order valence-electron chi connectivity index (χ2n) is 3.34. The molecule has 1 N–H and O–H groups in total. The molecule has 1 nitrogen and oxygen atoms in total. The summed E-state index contributed by atoms with van der Waals surface area (Å²) in [5.74, 6) is 0. The van der Waals surface area contributed by atoms with Crippen molar-refractivity contribution in [2.45, 2.75) is 6.92 Å². The van der Waals surface area contributed by atoms with E-state index >= 15 is 0 Å². The monoisotopic (exact) mass is 216 g/mol. The van der Waals surface area contributed by atoms with Gasteiger partial charge < -0.3 is 5.32 Å². The van der Waals surface area contributed by atoms with Crippen molar-refractivity contribution in [3.8, 4) is 0 Å². The van der Waals surface area contributed by atoms with E-state index in [1.165, 1.54) is 0 Å². The molecule has 15 heavy (non-hydrogen) atoms. The van der Waals surface area contributed by atoms with E-state index in [-0.39, 0.29) is 0 Å². The molecule has 0 aromatic heterocycles. The van der Waals surface area contributed by atoms with E-state index in [1.54, 1.807) is 0 Å². The molecule has 0 aliphatic rings. The maximum Gasteiger partial charge on any atom is 0.0670 e. The molecular formula is C13H11ClN. The summed E-state index contributed by atoms with van der Waals surface area (Å²) in [4.78, 5) is 0. The molecule has 0 atom stereocenters. The smallest absolute Gasteiger partial charge is 0.0670 e. The van der Waals surface area contributed by atoms with E-state index in [0.29, 0.717) is 0 Å². The predicted octanol–water partition coefficient (Wildman–Crippen LogP) is 4.19. The summed E-state index contributed by atoms with van der Waals surface area (Å²) in [7, 11) is 0. The Bertz CT molecular complexity index is 451. The van der Waals surface area contributed by atoms with E-state index in [1.807, 2.05) is 49.4 Å². The van der Waals surface area contributed by atoms with Crippen LogP contribution in [0.5, 0.6) is 0 Å². The first-order valence-electron chi connectivity index (χ1n) is 4.76. The van der Waals surface area contributed by atoms with Crippen LogP contribution in [0.3, 0.4) is 0 Å². The summed E-state index contributed by atoms with van der Waals surface area (Å²) in [6, 6.07) is 16.7. The van der Waals surface area contributed by atoms with Gasteiger partial charge in [-0.1, -0.05) is 41.9 Å². The lowest BCUT2D eigenvalue weighted by Crippen LogP contribution is -1.91. The highest BCUT2D eigenvalue weighted by Crippen LogP contribution is 2.27. The zero-order valence-electron chi connectivity index (χ0n) is 8.42. The summed E-state index contributed by atoms with van der Waals surface area (Å²) < 4.78 is 0. The minimum absolute atomic E-state index is 0.759. The molecule has 0 amide bonds. The summed E-state index contributed by atoms with van der Waals surface area (Å²) in [5.41, 5.74) is 2.90. The number of halogens is 1. The van der Waals surface area contributed by atoms with E-state index in [9.17, 15) is 0 Å². The Labute approximate surface area is 94.7 Å². The molecular weight excluding hydrogens is 206 g/mol. The van der Waals surface area contributed by atoms with Crippen molar-refractivity contribution in [3.05, 3.63) is 59.1 Å². The summed E-state index contributed by atoms with van der Waals surface area (Å²) in [5, 5.41) is 3.98. The van der Waals surface area contributed by atoms with Gasteiger partial charge in [-0.3, -0.25) is 0 Å². The van der Waals surface area contributed by atoms with Crippen molar-refractivity contribution in [2.75, 3.05) is 5.32 Å². The number of anilines is 2. The van der Waals surface area contributed by atoms with Crippen LogP contribution in [0.15, 0.2) is 42.5 Å². The van der Waals surface area contributed by atoms with Gasteiger partial charge in [-0.15, -0.1) is 0 Å². The number of hydrogen-bond donors (Lipinski definition) is 1. The van der Waals surface area contributed by atoms with Gasteiger partial charge in [0, 0.05) is 11.8 Å². The fourth-order valence-corrected chi connectivity index (χ4v) is 1.53. The summed E-state index contributed by atoms with van der Waals surface area (Å²) in [6.07, 6.45) is 0. The van der Waals surface area contributed by atoms with Crippen LogP contribution in [0.4, 0.5) is 11.4 Å². The Hall–Kier alpha value is -1.47. The number of nitrogens with one attached hydrogen (secondary N) is 1. The molecule has 0 spiro atoms. The van der Waals surface area contributed by atoms with Crippen LogP contribution < -0.4 is 5.32 Å². The second kappa shape index (κ2) is 4.37. The molecule has 0 aliphatic carbocycles. The molecule has 0 fully saturated rings. The normalized spacial score (nSPS) is 10.0. The number of hydrogen-bond acceptors (Lipinski definition) is 1. The van der Waals surface area contributed by atoms with Gasteiger partial charge in [0.2, 0.25) is 0 Å². The average Bonchev–Trinajstić information content (AvgIpc) is 2.26. The van der Waals surface area contributed by atoms with Crippen molar-refractivity contribution in [1.29, 1.82) is 0 Å². The number of para-hydroxylation sites is 1. The molecule has 2 heteroatoms. The van der Waals surface area contributed by atoms with Gasteiger partial charge >= 0.3 is 0 Å². The van der Waals surface area contributed by atoms with E-state index in [2.05, 4.69) is 11.4 Å². The fraction of sp³-hybridized carbons (Fsp3) is 0.0769. The quantitative estimate of drug-likeness (QED) is 0.794. The lowest BCUT2D eigenvalue weighted by atomic mass is 10.2. The molecule has 2 aromatic carbocycles. The summed E-state index contributed by atoms with van der Waals surface area (Å²) in [6.45, 7) is 1.99. The number of benzene rings is 2. The van der Waals surface area contributed by atoms with Gasteiger partial charge in [0.05, 0.1) is 10.7 Å². The van der Waals surface area contributed by atoms with Gasteiger partial charge in [-0.2, -0.15) is 0 Å². The van der Waals surface area contributed by atoms with Crippen molar-refractivity contribution in [3.63, 3.8) is 0 Å². The van der Waals surface area contributed by atoms with Crippen LogP contribution in [0.25, 0.3) is 0 Å². The molecule has 0 saturated heterocycles. The Kier molecular flexibility index (Phi) is 2.93. The molecule has 0 saturated carbocycles. The molecule has 1 radical (unpaired) electrons. The highest BCUT2D eigenvalue weighted by Gasteiger charge is 2.02. The van der Waals surface area contributed by atoms with E-state index < -0.39 is 0 Å². The zero-order chi connectivity index (χ0) is 10.7. The third-order valence-corrected chi connectivity index (χ3v) is 2.67. The maximum atomic E-state index is 6.17. The molecule has 0 heterocycles. The highest BCUT2D eigenvalue weighted by atomic mass is 35.5. The largest absolute Gasteiger partial charge is 0.354 e. The van der Waals surface area contributed by atoms with Crippen LogP contribution in [0.2, 0.25) is 5.02 Å². The van der Waals surface area contributed by atoms with E-state index in [4.69, 9.17) is 11.6 Å². The predicted molar refractivity (Wildman–Crippen MR) is 64.7 cm³/mol. The van der Waals surface area contributed by atoms with Crippen molar-refractivity contribution >= 4 is 23.0 Å². The molecule has 0 aliphatic heterocycles. The average molecular weight is 217 g/mol. The van der Waals surface area contributed by atoms with Crippen LogP contribution in [0.1, 0.15) is 5.56 Å². The van der Waals surface area contributed by atoms with Crippen LogP contribution >= 0.6 is 11.6 Å². The van der Waals surface area contributed by atoms with Crippen LogP contribution in [-0.2, 0) is 0 Å². The minimum Gasteiger partial charge on any atom is -0.354 e. The third-order valence-electron chi connectivity index (χ3n) is 2.17. The first-order valence-corrected chi connectivity index (χ1v) is 5.14. The van der Waals surface area contributed by atoms with Gasteiger partial charge in [-0.05, 0) is 24.6 Å². The second-order valence-corrected chi connectivity index (χ2v) is 3.72. The molecule has 2 aromatic rings. The van der Waals surface area contributed by atoms with Gasteiger partial charge in [-0.25, -0.2) is 0 Å². The molecule has 75 valence electrons. The molecule has 2 rings (SSSR count). The first-order chi connectivity index (χ1) is 7.27. The standard InChI is InChI=1S/C13H11ClN/c1-10-6-5-9-12(13(10)14)15-11-7-3-2-4-8-11/h2-7,9,15H,1H3. The lowest BCUT2D eigenvalue weighted by molar-refractivity contribution is 1.45. The fourth-order valence-electron chi connectivity index (χ4n) is 1.36. The Balaban J connectivity index is 2.29. The van der Waals surface area contributed by atoms with Gasteiger partial charge in [0.15, 0.2) is 0 Å². The van der Waals surface area contributed by atoms with Gasteiger partial charge in [0.25, 0.3) is 0 Å². The Morgan fingerprint density at radius 3 is 2.73 bits per heavy atom. The lowest BCUT2D eigenvalue weighted by Gasteiger charge is -2.09. The maximum absolute atomic E-state index is 6.17. The topological polar surface area (TPSA) is 12.0 Å². The van der Waals surface area contributed by atoms with Crippen LogP contribution in [0, 0.1) is 13.0 Å². The first kappa shape index (κ1) is 10.1. The third kappa shape index (κ3) is 2.31. The van der Waals surface area contributed by atoms with E-state index in [0.717, 1.165) is 22.0 Å². The SMILES string of the molecule is Cc1cccc(Nc2[c]cccc2)c1Cl. The van der Waals surface area contributed by atoms with Crippen molar-refractivity contribution in [1.82, 2.24) is 0 Å². The summed E-state index contributed by atoms with van der Waals surface area (Å²) >= 11 is 6.17. The Morgan fingerprint density at radius 2 is 2.00 bits per heavy atom. The van der Waals surface area contributed by atoms with Crippen molar-refractivity contribution in [2.24, 2.45) is 0 Å².